The Kier molecular flexibility index (Phi) is 26.7. The van der Waals surface area contributed by atoms with Gasteiger partial charge in [-0.15, -0.1) is 0 Å². The van der Waals surface area contributed by atoms with Gasteiger partial charge in [-0.2, -0.15) is 0 Å². The van der Waals surface area contributed by atoms with Gasteiger partial charge in [-0.25, -0.2) is 4.79 Å². The number of Topliss-reactive ketones (excluding diaryl/α,β-unsaturated/α-hetero) is 1. The van der Waals surface area contributed by atoms with Crippen molar-refractivity contribution in [3.63, 3.8) is 0 Å². The highest BCUT2D eigenvalue weighted by atomic mass is 16.6. The summed E-state index contributed by atoms with van der Waals surface area (Å²) >= 11 is 0. The fourth-order valence-corrected chi connectivity index (χ4v) is 3.24. The molecule has 0 saturated carbocycles. The van der Waals surface area contributed by atoms with E-state index in [1.54, 1.807) is 30.3 Å². The van der Waals surface area contributed by atoms with Gasteiger partial charge in [-0.3, -0.25) is 4.79 Å². The monoisotopic (exact) mass is 586 g/mol. The Morgan fingerprint density at radius 3 is 1.22 bits per heavy atom. The van der Waals surface area contributed by atoms with Gasteiger partial charge in [-0.1, -0.05) is 56.5 Å². The predicted molar refractivity (Wildman–Crippen MR) is 152 cm³/mol. The smallest absolute Gasteiger partial charge is 0.379 e. The van der Waals surface area contributed by atoms with Crippen LogP contribution in [0.1, 0.15) is 43.0 Å². The van der Waals surface area contributed by atoms with Gasteiger partial charge in [0, 0.05) is 12.2 Å². The second kappa shape index (κ2) is 29.5. The molecule has 1 aromatic carbocycles. The Bertz CT molecular complexity index is 718. The van der Waals surface area contributed by atoms with Crippen molar-refractivity contribution < 1.29 is 52.2 Å². The largest absolute Gasteiger partial charge is 0.457 e. The van der Waals surface area contributed by atoms with Gasteiger partial charge in [0.1, 0.15) is 6.61 Å². The zero-order valence-electron chi connectivity index (χ0n) is 24.7. The highest BCUT2D eigenvalue weighted by Gasteiger charge is 2.17. The molecule has 1 aromatic rings. The van der Waals surface area contributed by atoms with Crippen LogP contribution < -0.4 is 0 Å². The number of benzene rings is 1. The van der Waals surface area contributed by atoms with E-state index >= 15 is 0 Å². The van der Waals surface area contributed by atoms with Crippen LogP contribution in [0, 0.1) is 0 Å². The van der Waals surface area contributed by atoms with Gasteiger partial charge in [0.05, 0.1) is 99.1 Å². The van der Waals surface area contributed by atoms with E-state index in [1.165, 1.54) is 19.3 Å². The van der Waals surface area contributed by atoms with Gasteiger partial charge >= 0.3 is 5.97 Å². The number of unbranched alkanes of at least 4 members (excludes halogenated alkanes) is 3. The third-order valence-electron chi connectivity index (χ3n) is 5.43. The van der Waals surface area contributed by atoms with Crippen LogP contribution >= 0.6 is 0 Å². The number of hydrogen-bond acceptors (Lipinski definition) is 11. The van der Waals surface area contributed by atoms with Crippen LogP contribution in [-0.2, 0) is 47.4 Å². The van der Waals surface area contributed by atoms with E-state index in [-0.39, 0.29) is 13.2 Å². The van der Waals surface area contributed by atoms with E-state index in [1.807, 2.05) is 0 Å². The lowest BCUT2D eigenvalue weighted by molar-refractivity contribution is -0.139. The minimum atomic E-state index is -0.892. The van der Waals surface area contributed by atoms with E-state index in [0.29, 0.717) is 98.1 Å². The molecule has 11 nitrogen and oxygen atoms in total. The zero-order chi connectivity index (χ0) is 29.5. The van der Waals surface area contributed by atoms with E-state index in [2.05, 4.69) is 6.92 Å². The molecule has 0 fully saturated rings. The first kappa shape index (κ1) is 37.1. The molecule has 41 heavy (non-hydrogen) atoms. The van der Waals surface area contributed by atoms with Crippen molar-refractivity contribution in [1.82, 2.24) is 0 Å². The predicted octanol–water partition coefficient (Wildman–Crippen LogP) is 3.13. The molecule has 1 rings (SSSR count). The number of carbonyl (C=O) groups excluding carboxylic acids is 2. The molecule has 0 aromatic heterocycles. The second-order valence-electron chi connectivity index (χ2n) is 8.79. The number of esters is 1. The third kappa shape index (κ3) is 24.4. The van der Waals surface area contributed by atoms with Crippen LogP contribution in [0.2, 0.25) is 0 Å². The van der Waals surface area contributed by atoms with E-state index in [0.717, 1.165) is 13.0 Å². The SMILES string of the molecule is CCCCCCOCCOCCOCCOCCOCCOCCOCCOCCOC(=O)C(=O)c1ccccc1. The molecule has 0 spiro atoms. The molecule has 0 aliphatic heterocycles. The van der Waals surface area contributed by atoms with Crippen molar-refractivity contribution in [2.75, 3.05) is 112 Å². The fourth-order valence-electron chi connectivity index (χ4n) is 3.24. The summed E-state index contributed by atoms with van der Waals surface area (Å²) in [6, 6.07) is 8.27. The minimum absolute atomic E-state index is 0.00467. The molecule has 0 aliphatic carbocycles. The summed E-state index contributed by atoms with van der Waals surface area (Å²) in [4.78, 5) is 23.6. The summed E-state index contributed by atoms with van der Waals surface area (Å²) in [6.07, 6.45) is 4.87. The van der Waals surface area contributed by atoms with Crippen LogP contribution in [-0.4, -0.2) is 124 Å². The summed E-state index contributed by atoms with van der Waals surface area (Å²) in [5, 5.41) is 0. The lowest BCUT2D eigenvalue weighted by Crippen LogP contribution is -2.20. The third-order valence-corrected chi connectivity index (χ3v) is 5.43. The number of ketones is 1. The molecule has 0 atom stereocenters. The molecular formula is C30H50O11. The summed E-state index contributed by atoms with van der Waals surface area (Å²) < 4.78 is 48.4. The normalized spacial score (nSPS) is 11.1. The van der Waals surface area contributed by atoms with Crippen molar-refractivity contribution in [2.24, 2.45) is 0 Å². The molecule has 0 N–H and O–H groups in total. The molecule has 236 valence electrons. The Labute approximate surface area is 245 Å². The molecule has 0 amide bonds. The quantitative estimate of drug-likeness (QED) is 0.0553. The molecular weight excluding hydrogens is 536 g/mol. The van der Waals surface area contributed by atoms with Gasteiger partial charge in [-0.05, 0) is 6.42 Å². The lowest BCUT2D eigenvalue weighted by Gasteiger charge is -2.09. The molecule has 0 radical (unpaired) electrons. The van der Waals surface area contributed by atoms with Crippen molar-refractivity contribution in [1.29, 1.82) is 0 Å². The maximum absolute atomic E-state index is 11.9. The van der Waals surface area contributed by atoms with Gasteiger partial charge in [0.25, 0.3) is 5.78 Å². The summed E-state index contributed by atoms with van der Waals surface area (Å²) in [5.41, 5.74) is 0.300. The van der Waals surface area contributed by atoms with Crippen LogP contribution in [0.5, 0.6) is 0 Å². The van der Waals surface area contributed by atoms with E-state index in [9.17, 15) is 9.59 Å². The molecule has 0 unspecified atom stereocenters. The van der Waals surface area contributed by atoms with Crippen molar-refractivity contribution in [3.8, 4) is 0 Å². The van der Waals surface area contributed by atoms with E-state index < -0.39 is 11.8 Å². The molecule has 0 heterocycles. The average Bonchev–Trinajstić information content (AvgIpc) is 3.00. The second-order valence-corrected chi connectivity index (χ2v) is 8.79. The maximum Gasteiger partial charge on any atom is 0.379 e. The standard InChI is InChI=1S/C30H50O11/c1-2-3-4-8-11-33-12-13-34-14-15-35-16-17-36-18-19-37-20-21-38-22-23-39-24-25-40-26-27-41-30(32)29(31)28-9-6-5-7-10-28/h5-7,9-10H,2-4,8,11-27H2,1H3. The first-order chi connectivity index (χ1) is 20.3. The first-order valence-electron chi connectivity index (χ1n) is 14.6. The number of carbonyl (C=O) groups is 2. The summed E-state index contributed by atoms with van der Waals surface area (Å²) in [5.74, 6) is -1.56. The summed E-state index contributed by atoms with van der Waals surface area (Å²) in [6.45, 7) is 10.1. The van der Waals surface area contributed by atoms with Crippen LogP contribution in [0.4, 0.5) is 0 Å². The number of hydrogen-bond donors (Lipinski definition) is 0. The highest BCUT2D eigenvalue weighted by Crippen LogP contribution is 2.01. The van der Waals surface area contributed by atoms with Crippen molar-refractivity contribution in [2.45, 2.75) is 32.6 Å². The Balaban J connectivity index is 1.69. The topological polar surface area (TPSA) is 117 Å². The molecule has 0 bridgehead atoms. The van der Waals surface area contributed by atoms with Crippen molar-refractivity contribution >= 4 is 11.8 Å². The maximum atomic E-state index is 11.9. The summed E-state index contributed by atoms with van der Waals surface area (Å²) in [7, 11) is 0. The Morgan fingerprint density at radius 1 is 0.463 bits per heavy atom. The highest BCUT2D eigenvalue weighted by molar-refractivity contribution is 6.40. The van der Waals surface area contributed by atoms with Crippen LogP contribution in [0.25, 0.3) is 0 Å². The van der Waals surface area contributed by atoms with Crippen molar-refractivity contribution in [3.05, 3.63) is 35.9 Å². The number of rotatable bonds is 31. The minimum Gasteiger partial charge on any atom is -0.457 e. The zero-order valence-corrected chi connectivity index (χ0v) is 24.7. The van der Waals surface area contributed by atoms with E-state index in [4.69, 9.17) is 42.6 Å². The first-order valence-corrected chi connectivity index (χ1v) is 14.6. The molecule has 0 aliphatic rings. The molecule has 11 heteroatoms. The molecule has 0 saturated heterocycles. The average molecular weight is 587 g/mol. The number of ether oxygens (including phenoxy) is 9. The van der Waals surface area contributed by atoms with Gasteiger partial charge in [0.2, 0.25) is 0 Å². The van der Waals surface area contributed by atoms with Crippen LogP contribution in [0.15, 0.2) is 30.3 Å². The Morgan fingerprint density at radius 2 is 0.829 bits per heavy atom. The Hall–Kier alpha value is -1.96. The lowest BCUT2D eigenvalue weighted by atomic mass is 10.1. The van der Waals surface area contributed by atoms with Crippen LogP contribution in [0.3, 0.4) is 0 Å². The van der Waals surface area contributed by atoms with Gasteiger partial charge in [0.15, 0.2) is 0 Å². The fraction of sp³-hybridized carbons (Fsp3) is 0.733. The van der Waals surface area contributed by atoms with Gasteiger partial charge < -0.3 is 42.6 Å².